The van der Waals surface area contributed by atoms with Crippen LogP contribution in [-0.4, -0.2) is 41.8 Å². The maximum atomic E-state index is 12.2. The fourth-order valence-electron chi connectivity index (χ4n) is 2.58. The van der Waals surface area contributed by atoms with Gasteiger partial charge in [-0.05, 0) is 37.6 Å². The van der Waals surface area contributed by atoms with Crippen LogP contribution >= 0.6 is 11.3 Å². The number of hydrogen-bond donors (Lipinski definition) is 3. The molecule has 1 aromatic carbocycles. The van der Waals surface area contributed by atoms with E-state index in [1.807, 2.05) is 31.2 Å². The molecule has 6 nitrogen and oxygen atoms in total. The number of aliphatic hydroxyl groups is 1. The predicted molar refractivity (Wildman–Crippen MR) is 89.9 cm³/mol. The topological polar surface area (TPSA) is 83.5 Å². The highest BCUT2D eigenvalue weighted by Gasteiger charge is 2.28. The van der Waals surface area contributed by atoms with Gasteiger partial charge in [0.2, 0.25) is 5.91 Å². The fourth-order valence-corrected chi connectivity index (χ4v) is 3.41. The predicted octanol–water partition coefficient (Wildman–Crippen LogP) is 1.79. The van der Waals surface area contributed by atoms with Crippen molar-refractivity contribution in [1.29, 1.82) is 0 Å². The Morgan fingerprint density at radius 3 is 2.78 bits per heavy atom. The summed E-state index contributed by atoms with van der Waals surface area (Å²) in [6, 6.07) is 7.30. The Bertz CT molecular complexity index is 699. The van der Waals surface area contributed by atoms with E-state index in [1.165, 1.54) is 11.3 Å². The van der Waals surface area contributed by atoms with Crippen LogP contribution in [0, 0.1) is 6.92 Å². The Labute approximate surface area is 138 Å². The minimum Gasteiger partial charge on any atom is -0.497 e. The quantitative estimate of drug-likeness (QED) is 0.794. The van der Waals surface area contributed by atoms with Gasteiger partial charge >= 0.3 is 0 Å². The summed E-state index contributed by atoms with van der Waals surface area (Å²) in [4.78, 5) is 17.7. The molecule has 1 aliphatic rings. The van der Waals surface area contributed by atoms with Crippen molar-refractivity contribution in [2.45, 2.75) is 25.5 Å². The zero-order chi connectivity index (χ0) is 16.4. The third-order valence-electron chi connectivity index (χ3n) is 3.81. The van der Waals surface area contributed by atoms with Gasteiger partial charge in [-0.25, -0.2) is 4.98 Å². The van der Waals surface area contributed by atoms with E-state index >= 15 is 0 Å². The Kier molecular flexibility index (Phi) is 4.61. The Morgan fingerprint density at radius 1 is 1.43 bits per heavy atom. The molecule has 0 unspecified atom stereocenters. The number of aromatic nitrogens is 1. The number of nitrogens with one attached hydrogen (secondary N) is 2. The van der Waals surface area contributed by atoms with Crippen LogP contribution in [0.5, 0.6) is 5.75 Å². The number of ether oxygens (including phenoxy) is 1. The van der Waals surface area contributed by atoms with E-state index in [1.54, 1.807) is 7.11 Å². The number of thiazole rings is 1. The molecule has 1 saturated heterocycles. The lowest BCUT2D eigenvalue weighted by Crippen LogP contribution is -2.35. The second kappa shape index (κ2) is 6.66. The maximum Gasteiger partial charge on any atom is 0.243 e. The smallest absolute Gasteiger partial charge is 0.243 e. The number of amides is 1. The second-order valence-electron chi connectivity index (χ2n) is 5.49. The molecule has 3 N–H and O–H groups in total. The van der Waals surface area contributed by atoms with Crippen LogP contribution in [0.25, 0.3) is 11.3 Å². The van der Waals surface area contributed by atoms with E-state index in [-0.39, 0.29) is 11.9 Å². The number of β-amino-alcohol motifs (C(OH)–C–C–N with tert-alkyl or cyclic N) is 1. The highest BCUT2D eigenvalue weighted by Crippen LogP contribution is 2.31. The summed E-state index contributed by atoms with van der Waals surface area (Å²) in [6.45, 7) is 2.43. The lowest BCUT2D eigenvalue weighted by molar-refractivity contribution is -0.117. The van der Waals surface area contributed by atoms with Gasteiger partial charge < -0.3 is 20.5 Å². The molecule has 1 amide bonds. The van der Waals surface area contributed by atoms with Gasteiger partial charge in [0.25, 0.3) is 0 Å². The number of carbonyl (C=O) groups is 1. The van der Waals surface area contributed by atoms with Gasteiger partial charge in [0.05, 0.1) is 24.9 Å². The molecular weight excluding hydrogens is 314 g/mol. The third kappa shape index (κ3) is 3.52. The maximum absolute atomic E-state index is 12.2. The van der Waals surface area contributed by atoms with Crippen molar-refractivity contribution in [2.24, 2.45) is 0 Å². The first kappa shape index (κ1) is 15.9. The molecule has 2 atom stereocenters. The summed E-state index contributed by atoms with van der Waals surface area (Å²) in [5.41, 5.74) is 1.84. The van der Waals surface area contributed by atoms with Crippen LogP contribution in [-0.2, 0) is 4.79 Å². The van der Waals surface area contributed by atoms with Gasteiger partial charge in [-0.2, -0.15) is 0 Å². The third-order valence-corrected chi connectivity index (χ3v) is 4.70. The number of anilines is 1. The van der Waals surface area contributed by atoms with Gasteiger partial charge in [-0.15, -0.1) is 11.3 Å². The van der Waals surface area contributed by atoms with Gasteiger partial charge in [0.1, 0.15) is 5.75 Å². The van der Waals surface area contributed by atoms with E-state index in [4.69, 9.17) is 4.74 Å². The monoisotopic (exact) mass is 333 g/mol. The normalized spacial score (nSPS) is 20.5. The molecule has 0 radical (unpaired) electrons. The molecule has 0 aliphatic carbocycles. The highest BCUT2D eigenvalue weighted by atomic mass is 32.1. The molecule has 0 bridgehead atoms. The number of rotatable bonds is 4. The van der Waals surface area contributed by atoms with Gasteiger partial charge in [-0.3, -0.25) is 4.79 Å². The standard InChI is InChI=1S/C16H19N3O3S/c1-9-14(10-3-5-12(22-2)6-4-10)18-16(23-9)19-15(21)13-7-11(20)8-17-13/h3-6,11,13,17,20H,7-8H2,1-2H3,(H,18,19,21)/t11-,13-/m0/s1. The van der Waals surface area contributed by atoms with E-state index in [9.17, 15) is 9.90 Å². The summed E-state index contributed by atoms with van der Waals surface area (Å²) in [7, 11) is 1.63. The molecule has 1 aliphatic heterocycles. The summed E-state index contributed by atoms with van der Waals surface area (Å²) in [5.74, 6) is 0.637. The van der Waals surface area contributed by atoms with Crippen molar-refractivity contribution in [3.05, 3.63) is 29.1 Å². The number of carbonyl (C=O) groups excluding carboxylic acids is 1. The molecule has 2 aromatic rings. The molecule has 3 rings (SSSR count). The SMILES string of the molecule is COc1ccc(-c2nc(NC(=O)[C@@H]3C[C@H](O)CN3)sc2C)cc1. The van der Waals surface area contributed by atoms with Crippen molar-refractivity contribution < 1.29 is 14.6 Å². The first-order valence-corrected chi connectivity index (χ1v) is 8.22. The molecule has 122 valence electrons. The Morgan fingerprint density at radius 2 is 2.17 bits per heavy atom. The van der Waals surface area contributed by atoms with Gasteiger partial charge in [-0.1, -0.05) is 0 Å². The minimum absolute atomic E-state index is 0.156. The number of aliphatic hydroxyl groups excluding tert-OH is 1. The molecule has 2 heterocycles. The zero-order valence-corrected chi connectivity index (χ0v) is 13.8. The summed E-state index contributed by atoms with van der Waals surface area (Å²) >= 11 is 1.44. The summed E-state index contributed by atoms with van der Waals surface area (Å²) in [5, 5.41) is 15.9. The number of hydrogen-bond acceptors (Lipinski definition) is 6. The molecule has 0 spiro atoms. The van der Waals surface area contributed by atoms with E-state index in [2.05, 4.69) is 15.6 Å². The first-order chi connectivity index (χ1) is 11.1. The zero-order valence-electron chi connectivity index (χ0n) is 13.0. The summed E-state index contributed by atoms with van der Waals surface area (Å²) < 4.78 is 5.16. The van der Waals surface area contributed by atoms with Crippen LogP contribution in [0.3, 0.4) is 0 Å². The lowest BCUT2D eigenvalue weighted by Gasteiger charge is -2.08. The fraction of sp³-hybridized carbons (Fsp3) is 0.375. The van der Waals surface area contributed by atoms with Crippen LogP contribution in [0.1, 0.15) is 11.3 Å². The lowest BCUT2D eigenvalue weighted by atomic mass is 10.1. The Balaban J connectivity index is 1.73. The Hall–Kier alpha value is -1.96. The molecule has 1 aromatic heterocycles. The van der Waals surface area contributed by atoms with Gasteiger partial charge in [0, 0.05) is 17.0 Å². The molecule has 1 fully saturated rings. The van der Waals surface area contributed by atoms with E-state index < -0.39 is 6.10 Å². The van der Waals surface area contributed by atoms with Crippen LogP contribution in [0.2, 0.25) is 0 Å². The molecule has 23 heavy (non-hydrogen) atoms. The average Bonchev–Trinajstić information content (AvgIpc) is 3.13. The number of methoxy groups -OCH3 is 1. The van der Waals surface area contributed by atoms with Crippen LogP contribution in [0.4, 0.5) is 5.13 Å². The largest absolute Gasteiger partial charge is 0.497 e. The highest BCUT2D eigenvalue weighted by molar-refractivity contribution is 7.16. The van der Waals surface area contributed by atoms with Crippen molar-refractivity contribution in [3.63, 3.8) is 0 Å². The van der Waals surface area contributed by atoms with E-state index in [0.29, 0.717) is 18.1 Å². The van der Waals surface area contributed by atoms with Crippen molar-refractivity contribution in [3.8, 4) is 17.0 Å². The van der Waals surface area contributed by atoms with Crippen LogP contribution < -0.4 is 15.4 Å². The number of aryl methyl sites for hydroxylation is 1. The second-order valence-corrected chi connectivity index (χ2v) is 6.70. The molecular formula is C16H19N3O3S. The van der Waals surface area contributed by atoms with Crippen molar-refractivity contribution >= 4 is 22.4 Å². The number of nitrogens with zero attached hydrogens (tertiary/aromatic N) is 1. The van der Waals surface area contributed by atoms with Gasteiger partial charge in [0.15, 0.2) is 5.13 Å². The van der Waals surface area contributed by atoms with Crippen LogP contribution in [0.15, 0.2) is 24.3 Å². The molecule has 7 heteroatoms. The molecule has 0 saturated carbocycles. The number of benzene rings is 1. The summed E-state index contributed by atoms with van der Waals surface area (Å²) in [6.07, 6.45) is -0.0275. The van der Waals surface area contributed by atoms with E-state index in [0.717, 1.165) is 21.9 Å². The first-order valence-electron chi connectivity index (χ1n) is 7.41. The van der Waals surface area contributed by atoms with Crippen molar-refractivity contribution in [1.82, 2.24) is 10.3 Å². The minimum atomic E-state index is -0.460. The average molecular weight is 333 g/mol. The van der Waals surface area contributed by atoms with Crippen molar-refractivity contribution in [2.75, 3.05) is 19.0 Å².